The zero-order valence-corrected chi connectivity index (χ0v) is 8.83. The summed E-state index contributed by atoms with van der Waals surface area (Å²) in [6.45, 7) is 5.06. The van der Waals surface area contributed by atoms with E-state index in [9.17, 15) is 0 Å². The SMILES string of the molecule is CC(C)n1ccnc1CCCN.O.O. The molecule has 0 fully saturated rings. The number of hydrogen-bond donors (Lipinski definition) is 1. The van der Waals surface area contributed by atoms with Gasteiger partial charge in [-0.3, -0.25) is 0 Å². The minimum atomic E-state index is 0. The average Bonchev–Trinajstić information content (AvgIpc) is 2.48. The Bertz CT molecular complexity index is 236. The number of nitrogens with zero attached hydrogens (tertiary/aromatic N) is 2. The zero-order chi connectivity index (χ0) is 8.97. The second kappa shape index (κ2) is 7.49. The largest absolute Gasteiger partial charge is 0.412 e. The van der Waals surface area contributed by atoms with Crippen LogP contribution in [0.4, 0.5) is 0 Å². The summed E-state index contributed by atoms with van der Waals surface area (Å²) in [7, 11) is 0. The molecule has 0 atom stereocenters. The van der Waals surface area contributed by atoms with Crippen LogP contribution in [0.25, 0.3) is 0 Å². The summed E-state index contributed by atoms with van der Waals surface area (Å²) in [6, 6.07) is 0.500. The smallest absolute Gasteiger partial charge is 0.108 e. The maximum atomic E-state index is 5.43. The lowest BCUT2D eigenvalue weighted by molar-refractivity contribution is 0.561. The standard InChI is InChI=1S/C9H17N3.2H2O/c1-8(2)12-7-6-11-9(12)4-3-5-10;;/h6-8H,3-5,10H2,1-2H3;2*1H2. The summed E-state index contributed by atoms with van der Waals surface area (Å²) in [5.41, 5.74) is 5.43. The molecule has 0 saturated heterocycles. The van der Waals surface area contributed by atoms with E-state index in [4.69, 9.17) is 5.73 Å². The molecule has 0 radical (unpaired) electrons. The van der Waals surface area contributed by atoms with Crippen LogP contribution in [0, 0.1) is 0 Å². The highest BCUT2D eigenvalue weighted by Gasteiger charge is 2.03. The van der Waals surface area contributed by atoms with Gasteiger partial charge in [0.1, 0.15) is 5.82 Å². The molecule has 5 heteroatoms. The van der Waals surface area contributed by atoms with Crippen LogP contribution in [0.1, 0.15) is 32.1 Å². The first-order chi connectivity index (χ1) is 5.75. The third-order valence-corrected chi connectivity index (χ3v) is 1.91. The maximum absolute atomic E-state index is 5.43. The van der Waals surface area contributed by atoms with Crippen LogP contribution in [-0.4, -0.2) is 27.0 Å². The molecule has 1 aromatic heterocycles. The molecule has 0 spiro atoms. The fourth-order valence-corrected chi connectivity index (χ4v) is 1.27. The molecular weight excluding hydrogens is 182 g/mol. The summed E-state index contributed by atoms with van der Waals surface area (Å²) in [6.07, 6.45) is 5.88. The lowest BCUT2D eigenvalue weighted by Gasteiger charge is -2.10. The van der Waals surface area contributed by atoms with E-state index in [1.54, 1.807) is 0 Å². The third-order valence-electron chi connectivity index (χ3n) is 1.91. The Labute approximate surface area is 84.6 Å². The van der Waals surface area contributed by atoms with Gasteiger partial charge in [-0.15, -0.1) is 0 Å². The summed E-state index contributed by atoms with van der Waals surface area (Å²) in [4.78, 5) is 4.28. The van der Waals surface area contributed by atoms with Crippen LogP contribution in [0.5, 0.6) is 0 Å². The minimum absolute atomic E-state index is 0. The van der Waals surface area contributed by atoms with Gasteiger partial charge < -0.3 is 21.3 Å². The molecule has 0 amide bonds. The molecule has 14 heavy (non-hydrogen) atoms. The van der Waals surface area contributed by atoms with Crippen molar-refractivity contribution in [2.75, 3.05) is 6.54 Å². The van der Waals surface area contributed by atoms with E-state index in [-0.39, 0.29) is 11.0 Å². The molecule has 0 bridgehead atoms. The van der Waals surface area contributed by atoms with E-state index in [1.807, 2.05) is 12.4 Å². The van der Waals surface area contributed by atoms with Crippen molar-refractivity contribution in [1.29, 1.82) is 0 Å². The number of rotatable bonds is 4. The fourth-order valence-electron chi connectivity index (χ4n) is 1.27. The van der Waals surface area contributed by atoms with Gasteiger partial charge in [-0.2, -0.15) is 0 Å². The van der Waals surface area contributed by atoms with Gasteiger partial charge in [-0.25, -0.2) is 4.98 Å². The summed E-state index contributed by atoms with van der Waals surface area (Å²) in [5, 5.41) is 0. The minimum Gasteiger partial charge on any atom is -0.412 e. The van der Waals surface area contributed by atoms with E-state index < -0.39 is 0 Å². The van der Waals surface area contributed by atoms with Gasteiger partial charge in [-0.1, -0.05) is 0 Å². The molecule has 1 heterocycles. The van der Waals surface area contributed by atoms with Gasteiger partial charge in [-0.05, 0) is 26.8 Å². The van der Waals surface area contributed by atoms with Crippen LogP contribution in [-0.2, 0) is 6.42 Å². The van der Waals surface area contributed by atoms with Crippen molar-refractivity contribution >= 4 is 0 Å². The van der Waals surface area contributed by atoms with Gasteiger partial charge in [0, 0.05) is 24.9 Å². The lowest BCUT2D eigenvalue weighted by Crippen LogP contribution is -2.08. The Kier molecular flexibility index (Phi) is 8.32. The van der Waals surface area contributed by atoms with Crippen molar-refractivity contribution in [1.82, 2.24) is 9.55 Å². The molecular formula is C9H21N3O2. The monoisotopic (exact) mass is 203 g/mol. The Hall–Kier alpha value is -0.910. The highest BCUT2D eigenvalue weighted by molar-refractivity contribution is 4.94. The van der Waals surface area contributed by atoms with E-state index in [0.717, 1.165) is 25.2 Å². The van der Waals surface area contributed by atoms with Crippen molar-refractivity contribution in [3.63, 3.8) is 0 Å². The van der Waals surface area contributed by atoms with Crippen LogP contribution in [0.2, 0.25) is 0 Å². The first kappa shape index (κ1) is 15.6. The molecule has 84 valence electrons. The number of aryl methyl sites for hydroxylation is 1. The third kappa shape index (κ3) is 3.87. The number of nitrogens with two attached hydrogens (primary N) is 1. The molecule has 1 rings (SSSR count). The number of imidazole rings is 1. The lowest BCUT2D eigenvalue weighted by atomic mass is 10.3. The van der Waals surface area contributed by atoms with Crippen LogP contribution in [0.15, 0.2) is 12.4 Å². The number of aromatic nitrogens is 2. The molecule has 0 aromatic carbocycles. The summed E-state index contributed by atoms with van der Waals surface area (Å²) >= 11 is 0. The Morgan fingerprint density at radius 3 is 2.57 bits per heavy atom. The predicted molar refractivity (Wildman–Crippen MR) is 57.2 cm³/mol. The summed E-state index contributed by atoms with van der Waals surface area (Å²) in [5.74, 6) is 1.15. The van der Waals surface area contributed by atoms with Crippen molar-refractivity contribution in [2.45, 2.75) is 32.7 Å². The molecule has 0 aliphatic rings. The highest BCUT2D eigenvalue weighted by Crippen LogP contribution is 2.08. The Balaban J connectivity index is 0. The molecule has 0 saturated carbocycles. The molecule has 0 aliphatic heterocycles. The van der Waals surface area contributed by atoms with Crippen molar-refractivity contribution in [2.24, 2.45) is 5.73 Å². The second-order valence-corrected chi connectivity index (χ2v) is 3.24. The second-order valence-electron chi connectivity index (χ2n) is 3.24. The van der Waals surface area contributed by atoms with Gasteiger partial charge in [0.05, 0.1) is 0 Å². The van der Waals surface area contributed by atoms with Gasteiger partial charge in [0.15, 0.2) is 0 Å². The van der Waals surface area contributed by atoms with Crippen molar-refractivity contribution < 1.29 is 11.0 Å². The van der Waals surface area contributed by atoms with Crippen LogP contribution < -0.4 is 5.73 Å². The van der Waals surface area contributed by atoms with Crippen molar-refractivity contribution in [3.05, 3.63) is 18.2 Å². The number of hydrogen-bond acceptors (Lipinski definition) is 2. The normalized spacial score (nSPS) is 9.43. The summed E-state index contributed by atoms with van der Waals surface area (Å²) < 4.78 is 2.19. The van der Waals surface area contributed by atoms with Crippen LogP contribution in [0.3, 0.4) is 0 Å². The van der Waals surface area contributed by atoms with Crippen LogP contribution >= 0.6 is 0 Å². The molecule has 0 unspecified atom stereocenters. The topological polar surface area (TPSA) is 107 Å². The zero-order valence-electron chi connectivity index (χ0n) is 8.83. The average molecular weight is 203 g/mol. The maximum Gasteiger partial charge on any atom is 0.108 e. The van der Waals surface area contributed by atoms with E-state index in [0.29, 0.717) is 6.04 Å². The first-order valence-electron chi connectivity index (χ1n) is 4.47. The van der Waals surface area contributed by atoms with Gasteiger partial charge >= 0.3 is 0 Å². The van der Waals surface area contributed by atoms with Crippen molar-refractivity contribution in [3.8, 4) is 0 Å². The molecule has 5 nitrogen and oxygen atoms in total. The Morgan fingerprint density at radius 2 is 2.07 bits per heavy atom. The first-order valence-corrected chi connectivity index (χ1v) is 4.47. The van der Waals surface area contributed by atoms with Gasteiger partial charge in [0.2, 0.25) is 0 Å². The Morgan fingerprint density at radius 1 is 1.43 bits per heavy atom. The molecule has 6 N–H and O–H groups in total. The predicted octanol–water partition coefficient (Wildman–Crippen LogP) is -0.294. The van der Waals surface area contributed by atoms with E-state index in [2.05, 4.69) is 23.4 Å². The fraction of sp³-hybridized carbons (Fsp3) is 0.667. The van der Waals surface area contributed by atoms with E-state index in [1.165, 1.54) is 0 Å². The molecule has 0 aliphatic carbocycles. The highest BCUT2D eigenvalue weighted by atomic mass is 16.0. The molecule has 1 aromatic rings. The quantitative estimate of drug-likeness (QED) is 0.725. The van der Waals surface area contributed by atoms with Gasteiger partial charge in [0.25, 0.3) is 0 Å². The van der Waals surface area contributed by atoms with E-state index >= 15 is 0 Å².